The Kier molecular flexibility index (Phi) is 8.90. The first-order valence-electron chi connectivity index (χ1n) is 6.65. The number of hydrogen-bond acceptors (Lipinski definition) is 3. The number of nitrogens with two attached hydrogens (primary N) is 1. The Hall–Kier alpha value is -0.120. The summed E-state index contributed by atoms with van der Waals surface area (Å²) < 4.78 is 0. The molecule has 0 bridgehead atoms. The SMILES string of the molecule is CCCC(N)CCN(CC)C(C)CN(C)C. The molecular weight excluding hydrogens is 198 g/mol. The Morgan fingerprint density at radius 1 is 1.12 bits per heavy atom. The maximum atomic E-state index is 6.05. The molecule has 0 aliphatic carbocycles. The van der Waals surface area contributed by atoms with Crippen LogP contribution in [0, 0.1) is 0 Å². The van der Waals surface area contributed by atoms with Crippen molar-refractivity contribution in [1.82, 2.24) is 9.80 Å². The smallest absolute Gasteiger partial charge is 0.0194 e. The second-order valence-electron chi connectivity index (χ2n) is 5.08. The summed E-state index contributed by atoms with van der Waals surface area (Å²) in [5.41, 5.74) is 6.05. The molecule has 3 nitrogen and oxygen atoms in total. The second kappa shape index (κ2) is 8.97. The van der Waals surface area contributed by atoms with Gasteiger partial charge in [0, 0.05) is 18.6 Å². The van der Waals surface area contributed by atoms with Gasteiger partial charge in [-0.1, -0.05) is 20.3 Å². The molecule has 3 heteroatoms. The lowest BCUT2D eigenvalue weighted by atomic mass is 10.1. The van der Waals surface area contributed by atoms with E-state index in [-0.39, 0.29) is 0 Å². The van der Waals surface area contributed by atoms with Gasteiger partial charge in [-0.05, 0) is 47.0 Å². The molecule has 2 atom stereocenters. The fourth-order valence-electron chi connectivity index (χ4n) is 2.18. The Bertz CT molecular complexity index is 159. The molecule has 16 heavy (non-hydrogen) atoms. The summed E-state index contributed by atoms with van der Waals surface area (Å²) in [5, 5.41) is 0. The molecule has 0 aromatic carbocycles. The van der Waals surface area contributed by atoms with Gasteiger partial charge in [-0.2, -0.15) is 0 Å². The molecule has 0 amide bonds. The summed E-state index contributed by atoms with van der Waals surface area (Å²) in [4.78, 5) is 4.77. The molecule has 0 spiro atoms. The fraction of sp³-hybridized carbons (Fsp3) is 1.00. The van der Waals surface area contributed by atoms with Crippen LogP contribution in [0.2, 0.25) is 0 Å². The topological polar surface area (TPSA) is 32.5 Å². The maximum absolute atomic E-state index is 6.05. The zero-order chi connectivity index (χ0) is 12.6. The average molecular weight is 229 g/mol. The Labute approximate surface area is 102 Å². The lowest BCUT2D eigenvalue weighted by Crippen LogP contribution is -2.41. The van der Waals surface area contributed by atoms with Crippen LogP contribution < -0.4 is 5.73 Å². The summed E-state index contributed by atoms with van der Waals surface area (Å²) in [6, 6.07) is 0.999. The van der Waals surface area contributed by atoms with Gasteiger partial charge < -0.3 is 10.6 Å². The van der Waals surface area contributed by atoms with Crippen LogP contribution >= 0.6 is 0 Å². The summed E-state index contributed by atoms with van der Waals surface area (Å²) in [5.74, 6) is 0. The van der Waals surface area contributed by atoms with Gasteiger partial charge in [0.2, 0.25) is 0 Å². The number of rotatable bonds is 9. The van der Waals surface area contributed by atoms with Gasteiger partial charge in [0.15, 0.2) is 0 Å². The number of nitrogens with zero attached hydrogens (tertiary/aromatic N) is 2. The van der Waals surface area contributed by atoms with Crippen LogP contribution in [0.1, 0.15) is 40.0 Å². The van der Waals surface area contributed by atoms with Crippen molar-refractivity contribution in [3.8, 4) is 0 Å². The molecule has 0 radical (unpaired) electrons. The van der Waals surface area contributed by atoms with Crippen LogP contribution in [0.15, 0.2) is 0 Å². The van der Waals surface area contributed by atoms with Gasteiger partial charge in [0.1, 0.15) is 0 Å². The summed E-state index contributed by atoms with van der Waals surface area (Å²) >= 11 is 0. The molecule has 0 aromatic rings. The first kappa shape index (κ1) is 15.9. The minimum absolute atomic E-state index is 0.380. The molecule has 0 rings (SSSR count). The van der Waals surface area contributed by atoms with E-state index >= 15 is 0 Å². The van der Waals surface area contributed by atoms with Gasteiger partial charge in [0.05, 0.1) is 0 Å². The highest BCUT2D eigenvalue weighted by Gasteiger charge is 2.13. The molecular formula is C13H31N3. The lowest BCUT2D eigenvalue weighted by Gasteiger charge is -2.30. The summed E-state index contributed by atoms with van der Waals surface area (Å²) in [6.07, 6.45) is 3.47. The van der Waals surface area contributed by atoms with Gasteiger partial charge in [0.25, 0.3) is 0 Å². The standard InChI is InChI=1S/C13H31N3/c1-6-8-13(14)9-10-16(7-2)12(3)11-15(4)5/h12-13H,6-11,14H2,1-5H3. The number of likely N-dealkylation sites (N-methyl/N-ethyl adjacent to an activating group) is 2. The summed E-state index contributed by atoms with van der Waals surface area (Å²) in [7, 11) is 4.26. The van der Waals surface area contributed by atoms with E-state index in [4.69, 9.17) is 5.73 Å². The Morgan fingerprint density at radius 3 is 2.19 bits per heavy atom. The van der Waals surface area contributed by atoms with Crippen molar-refractivity contribution in [2.75, 3.05) is 33.7 Å². The highest BCUT2D eigenvalue weighted by molar-refractivity contribution is 4.71. The average Bonchev–Trinajstić information content (AvgIpc) is 2.17. The monoisotopic (exact) mass is 229 g/mol. The minimum atomic E-state index is 0.380. The number of hydrogen-bond donors (Lipinski definition) is 1. The molecule has 0 saturated heterocycles. The quantitative estimate of drug-likeness (QED) is 0.654. The highest BCUT2D eigenvalue weighted by Crippen LogP contribution is 2.05. The van der Waals surface area contributed by atoms with E-state index in [1.807, 2.05) is 0 Å². The third kappa shape index (κ3) is 7.20. The predicted octanol–water partition coefficient (Wildman–Crippen LogP) is 1.78. The molecule has 0 heterocycles. The third-order valence-electron chi connectivity index (χ3n) is 3.11. The van der Waals surface area contributed by atoms with E-state index in [0.29, 0.717) is 12.1 Å². The molecule has 0 aliphatic rings. The van der Waals surface area contributed by atoms with Crippen LogP contribution in [0.5, 0.6) is 0 Å². The first-order chi connectivity index (χ1) is 7.51. The van der Waals surface area contributed by atoms with Crippen molar-refractivity contribution < 1.29 is 0 Å². The van der Waals surface area contributed by atoms with Crippen LogP contribution in [0.25, 0.3) is 0 Å². The fourth-order valence-corrected chi connectivity index (χ4v) is 2.18. The van der Waals surface area contributed by atoms with Crippen molar-refractivity contribution in [3.05, 3.63) is 0 Å². The predicted molar refractivity (Wildman–Crippen MR) is 72.8 cm³/mol. The van der Waals surface area contributed by atoms with E-state index in [9.17, 15) is 0 Å². The highest BCUT2D eigenvalue weighted by atomic mass is 15.2. The zero-order valence-electron chi connectivity index (χ0n) is 11.9. The largest absolute Gasteiger partial charge is 0.328 e. The minimum Gasteiger partial charge on any atom is -0.328 e. The second-order valence-corrected chi connectivity index (χ2v) is 5.08. The van der Waals surface area contributed by atoms with Crippen molar-refractivity contribution >= 4 is 0 Å². The van der Waals surface area contributed by atoms with Crippen LogP contribution in [0.4, 0.5) is 0 Å². The van der Waals surface area contributed by atoms with Gasteiger partial charge in [-0.3, -0.25) is 4.90 Å². The van der Waals surface area contributed by atoms with E-state index < -0.39 is 0 Å². The van der Waals surface area contributed by atoms with Gasteiger partial charge in [-0.15, -0.1) is 0 Å². The molecule has 0 saturated carbocycles. The molecule has 0 aromatic heterocycles. The molecule has 0 fully saturated rings. The summed E-state index contributed by atoms with van der Waals surface area (Å²) in [6.45, 7) is 10.1. The first-order valence-corrected chi connectivity index (χ1v) is 6.65. The van der Waals surface area contributed by atoms with Crippen LogP contribution in [0.3, 0.4) is 0 Å². The van der Waals surface area contributed by atoms with E-state index in [1.54, 1.807) is 0 Å². The van der Waals surface area contributed by atoms with Crippen molar-refractivity contribution in [2.24, 2.45) is 5.73 Å². The molecule has 2 N–H and O–H groups in total. The van der Waals surface area contributed by atoms with Crippen molar-refractivity contribution in [3.63, 3.8) is 0 Å². The molecule has 0 aliphatic heterocycles. The zero-order valence-corrected chi connectivity index (χ0v) is 11.9. The van der Waals surface area contributed by atoms with Crippen LogP contribution in [-0.2, 0) is 0 Å². The normalized spacial score (nSPS) is 15.8. The lowest BCUT2D eigenvalue weighted by molar-refractivity contribution is 0.175. The van der Waals surface area contributed by atoms with Gasteiger partial charge in [-0.25, -0.2) is 0 Å². The van der Waals surface area contributed by atoms with E-state index in [1.165, 1.54) is 6.42 Å². The van der Waals surface area contributed by atoms with Gasteiger partial charge >= 0.3 is 0 Å². The maximum Gasteiger partial charge on any atom is 0.0194 e. The van der Waals surface area contributed by atoms with Crippen molar-refractivity contribution in [2.45, 2.75) is 52.1 Å². The Balaban J connectivity index is 3.89. The molecule has 98 valence electrons. The van der Waals surface area contributed by atoms with E-state index in [0.717, 1.165) is 32.5 Å². The third-order valence-corrected chi connectivity index (χ3v) is 3.11. The molecule has 2 unspecified atom stereocenters. The van der Waals surface area contributed by atoms with Crippen molar-refractivity contribution in [1.29, 1.82) is 0 Å². The van der Waals surface area contributed by atoms with E-state index in [2.05, 4.69) is 44.7 Å². The van der Waals surface area contributed by atoms with Crippen LogP contribution in [-0.4, -0.2) is 55.6 Å². The Morgan fingerprint density at radius 2 is 1.75 bits per heavy atom.